The van der Waals surface area contributed by atoms with E-state index in [9.17, 15) is 9.59 Å². The van der Waals surface area contributed by atoms with Gasteiger partial charge in [0.1, 0.15) is 0 Å². The number of nitrogens with one attached hydrogen (secondary N) is 2. The first-order valence-corrected chi connectivity index (χ1v) is 7.15. The molecule has 0 aliphatic rings. The molecule has 2 amide bonds. The maximum atomic E-state index is 11.9. The molecule has 0 fully saturated rings. The van der Waals surface area contributed by atoms with Gasteiger partial charge in [-0.3, -0.25) is 14.6 Å². The van der Waals surface area contributed by atoms with Crippen molar-refractivity contribution in [3.05, 3.63) is 36.5 Å². The van der Waals surface area contributed by atoms with Crippen molar-refractivity contribution in [2.45, 2.75) is 6.42 Å². The topological polar surface area (TPSA) is 74.3 Å². The van der Waals surface area contributed by atoms with Gasteiger partial charge < -0.3 is 15.5 Å². The first kappa shape index (κ1) is 15.9. The molecule has 116 valence electrons. The van der Waals surface area contributed by atoms with E-state index in [-0.39, 0.29) is 0 Å². The van der Waals surface area contributed by atoms with Crippen LogP contribution in [0, 0.1) is 0 Å². The Bertz CT molecular complexity index is 665. The highest BCUT2D eigenvalue weighted by molar-refractivity contribution is 6.40. The Balaban J connectivity index is 1.94. The fourth-order valence-corrected chi connectivity index (χ4v) is 2.07. The molecule has 2 rings (SSSR count). The standard InChI is InChI=1S/C16H20N4O2/c1-20(2)11-5-10-18-15(21)16(22)19-14-8-3-7-13-12(14)6-4-9-17-13/h3-4,6-9H,5,10-11H2,1-2H3,(H,18,21)(H,19,22). The van der Waals surface area contributed by atoms with Gasteiger partial charge >= 0.3 is 11.8 Å². The number of carbonyl (C=O) groups is 2. The number of hydrogen-bond donors (Lipinski definition) is 2. The summed E-state index contributed by atoms with van der Waals surface area (Å²) in [4.78, 5) is 29.9. The van der Waals surface area contributed by atoms with E-state index in [2.05, 4.69) is 15.6 Å². The fourth-order valence-electron chi connectivity index (χ4n) is 2.07. The molecule has 0 saturated carbocycles. The minimum Gasteiger partial charge on any atom is -0.348 e. The van der Waals surface area contributed by atoms with Gasteiger partial charge in [0.05, 0.1) is 11.2 Å². The minimum absolute atomic E-state index is 0.474. The molecule has 0 unspecified atom stereocenters. The molecule has 1 aromatic heterocycles. The third-order valence-electron chi connectivity index (χ3n) is 3.17. The summed E-state index contributed by atoms with van der Waals surface area (Å²) >= 11 is 0. The average Bonchev–Trinajstić information content (AvgIpc) is 2.51. The van der Waals surface area contributed by atoms with Gasteiger partial charge in [-0.1, -0.05) is 6.07 Å². The first-order chi connectivity index (χ1) is 10.6. The van der Waals surface area contributed by atoms with E-state index >= 15 is 0 Å². The number of carbonyl (C=O) groups excluding carboxylic acids is 2. The van der Waals surface area contributed by atoms with Gasteiger partial charge in [-0.15, -0.1) is 0 Å². The number of rotatable bonds is 5. The van der Waals surface area contributed by atoms with E-state index in [1.54, 1.807) is 24.4 Å². The van der Waals surface area contributed by atoms with Gasteiger partial charge in [0.2, 0.25) is 0 Å². The summed E-state index contributed by atoms with van der Waals surface area (Å²) in [5, 5.41) is 6.05. The largest absolute Gasteiger partial charge is 0.348 e. The number of hydrogen-bond acceptors (Lipinski definition) is 4. The molecule has 22 heavy (non-hydrogen) atoms. The maximum Gasteiger partial charge on any atom is 0.313 e. The lowest BCUT2D eigenvalue weighted by atomic mass is 10.2. The smallest absolute Gasteiger partial charge is 0.313 e. The second-order valence-electron chi connectivity index (χ2n) is 5.24. The Labute approximate surface area is 129 Å². The van der Waals surface area contributed by atoms with Crippen LogP contribution in [0.1, 0.15) is 6.42 Å². The van der Waals surface area contributed by atoms with Crippen molar-refractivity contribution >= 4 is 28.4 Å². The van der Waals surface area contributed by atoms with Gasteiger partial charge in [0.15, 0.2) is 0 Å². The van der Waals surface area contributed by atoms with Gasteiger partial charge in [0.25, 0.3) is 0 Å². The van der Waals surface area contributed by atoms with E-state index in [1.807, 2.05) is 31.1 Å². The summed E-state index contributed by atoms with van der Waals surface area (Å²) in [6, 6.07) is 9.04. The molecular formula is C16H20N4O2. The summed E-state index contributed by atoms with van der Waals surface area (Å²) in [5.74, 6) is -1.29. The van der Waals surface area contributed by atoms with Crippen molar-refractivity contribution in [1.29, 1.82) is 0 Å². The zero-order valence-electron chi connectivity index (χ0n) is 12.8. The van der Waals surface area contributed by atoms with Crippen LogP contribution in [0.4, 0.5) is 5.69 Å². The van der Waals surface area contributed by atoms with Crippen molar-refractivity contribution in [2.75, 3.05) is 32.5 Å². The van der Waals surface area contributed by atoms with Crippen LogP contribution in [0.5, 0.6) is 0 Å². The lowest BCUT2D eigenvalue weighted by Gasteiger charge is -2.10. The maximum absolute atomic E-state index is 11.9. The monoisotopic (exact) mass is 300 g/mol. The zero-order valence-corrected chi connectivity index (χ0v) is 12.8. The minimum atomic E-state index is -0.666. The van der Waals surface area contributed by atoms with Gasteiger partial charge in [-0.2, -0.15) is 0 Å². The first-order valence-electron chi connectivity index (χ1n) is 7.15. The number of fused-ring (bicyclic) bond motifs is 1. The van der Waals surface area contributed by atoms with Crippen molar-refractivity contribution < 1.29 is 9.59 Å². The number of pyridine rings is 1. The Morgan fingerprint density at radius 3 is 2.73 bits per heavy atom. The lowest BCUT2D eigenvalue weighted by molar-refractivity contribution is -0.136. The Hall–Kier alpha value is -2.47. The lowest BCUT2D eigenvalue weighted by Crippen LogP contribution is -2.36. The van der Waals surface area contributed by atoms with E-state index in [0.717, 1.165) is 23.9 Å². The predicted molar refractivity (Wildman–Crippen MR) is 86.6 cm³/mol. The quantitative estimate of drug-likeness (QED) is 0.643. The fraction of sp³-hybridized carbons (Fsp3) is 0.312. The van der Waals surface area contributed by atoms with E-state index in [1.165, 1.54) is 0 Å². The second-order valence-corrected chi connectivity index (χ2v) is 5.24. The van der Waals surface area contributed by atoms with Crippen molar-refractivity contribution in [3.63, 3.8) is 0 Å². The molecule has 0 saturated heterocycles. The van der Waals surface area contributed by atoms with Crippen molar-refractivity contribution in [2.24, 2.45) is 0 Å². The van der Waals surface area contributed by atoms with Crippen LogP contribution in [0.2, 0.25) is 0 Å². The summed E-state index contributed by atoms with van der Waals surface area (Å²) in [6.45, 7) is 1.33. The third-order valence-corrected chi connectivity index (χ3v) is 3.17. The zero-order chi connectivity index (χ0) is 15.9. The third kappa shape index (κ3) is 4.26. The summed E-state index contributed by atoms with van der Waals surface area (Å²) in [6.07, 6.45) is 2.48. The Morgan fingerprint density at radius 2 is 1.95 bits per heavy atom. The second kappa shape index (κ2) is 7.51. The molecule has 0 bridgehead atoms. The highest BCUT2D eigenvalue weighted by Crippen LogP contribution is 2.20. The van der Waals surface area contributed by atoms with E-state index < -0.39 is 11.8 Å². The molecule has 1 heterocycles. The van der Waals surface area contributed by atoms with Crippen LogP contribution < -0.4 is 10.6 Å². The normalized spacial score (nSPS) is 10.7. The Morgan fingerprint density at radius 1 is 1.14 bits per heavy atom. The van der Waals surface area contributed by atoms with Crippen LogP contribution in [0.3, 0.4) is 0 Å². The van der Waals surface area contributed by atoms with E-state index in [0.29, 0.717) is 12.2 Å². The molecule has 2 N–H and O–H groups in total. The van der Waals surface area contributed by atoms with Crippen LogP contribution >= 0.6 is 0 Å². The van der Waals surface area contributed by atoms with Gasteiger partial charge in [0, 0.05) is 18.1 Å². The van der Waals surface area contributed by atoms with Gasteiger partial charge in [-0.05, 0) is 51.3 Å². The van der Waals surface area contributed by atoms with Crippen molar-refractivity contribution in [3.8, 4) is 0 Å². The molecule has 2 aromatic rings. The molecule has 0 spiro atoms. The van der Waals surface area contributed by atoms with E-state index in [4.69, 9.17) is 0 Å². The number of aromatic nitrogens is 1. The number of benzene rings is 1. The molecule has 0 atom stereocenters. The summed E-state index contributed by atoms with van der Waals surface area (Å²) in [7, 11) is 3.92. The number of anilines is 1. The highest BCUT2D eigenvalue weighted by atomic mass is 16.2. The molecule has 0 aliphatic heterocycles. The van der Waals surface area contributed by atoms with Gasteiger partial charge in [-0.25, -0.2) is 0 Å². The van der Waals surface area contributed by atoms with Crippen LogP contribution in [0.25, 0.3) is 10.9 Å². The number of amides is 2. The molecule has 0 aliphatic carbocycles. The molecule has 0 radical (unpaired) electrons. The Kier molecular flexibility index (Phi) is 5.43. The summed E-state index contributed by atoms with van der Waals surface area (Å²) < 4.78 is 0. The predicted octanol–water partition coefficient (Wildman–Crippen LogP) is 1.24. The SMILES string of the molecule is CN(C)CCCNC(=O)C(=O)Nc1cccc2ncccc12. The average molecular weight is 300 g/mol. The van der Waals surface area contributed by atoms with Crippen LogP contribution in [-0.4, -0.2) is 48.9 Å². The van der Waals surface area contributed by atoms with Crippen LogP contribution in [-0.2, 0) is 9.59 Å². The molecule has 1 aromatic carbocycles. The van der Waals surface area contributed by atoms with Crippen molar-refractivity contribution in [1.82, 2.24) is 15.2 Å². The molecule has 6 nitrogen and oxygen atoms in total. The highest BCUT2D eigenvalue weighted by Gasteiger charge is 2.14. The van der Waals surface area contributed by atoms with Crippen LogP contribution in [0.15, 0.2) is 36.5 Å². The number of nitrogens with zero attached hydrogens (tertiary/aromatic N) is 2. The molecular weight excluding hydrogens is 280 g/mol. The molecule has 6 heteroatoms. The summed E-state index contributed by atoms with van der Waals surface area (Å²) in [5.41, 5.74) is 1.35.